The standard InChI is InChI=1S/C17H14BrCl2NO3/c1-2-10-7-8-16(19)14(23)21(9-18)15(24)17(16,20)13(10)11-3-5-12(22)6-4-11/h2-7,13,22H,1,8-9H2. The van der Waals surface area contributed by atoms with Crippen molar-refractivity contribution >= 4 is 50.9 Å². The zero-order valence-corrected chi connectivity index (χ0v) is 15.6. The number of allylic oxidation sites excluding steroid dienone is 3. The Kier molecular flexibility index (Phi) is 4.31. The normalized spacial score (nSPS) is 32.5. The van der Waals surface area contributed by atoms with Gasteiger partial charge in [0.1, 0.15) is 5.75 Å². The van der Waals surface area contributed by atoms with Crippen molar-refractivity contribution in [2.24, 2.45) is 0 Å². The van der Waals surface area contributed by atoms with Gasteiger partial charge in [-0.05, 0) is 29.7 Å². The van der Waals surface area contributed by atoms with E-state index < -0.39 is 27.5 Å². The van der Waals surface area contributed by atoms with Gasteiger partial charge < -0.3 is 5.11 Å². The average molecular weight is 431 g/mol. The lowest BCUT2D eigenvalue weighted by molar-refractivity contribution is -0.138. The second-order valence-corrected chi connectivity index (χ2v) is 7.55. The molecule has 0 spiro atoms. The van der Waals surface area contributed by atoms with Crippen LogP contribution in [0, 0.1) is 0 Å². The smallest absolute Gasteiger partial charge is 0.254 e. The number of fused-ring (bicyclic) bond motifs is 1. The van der Waals surface area contributed by atoms with Gasteiger partial charge in [0.2, 0.25) is 0 Å². The number of nitrogens with zero attached hydrogens (tertiary/aromatic N) is 1. The van der Waals surface area contributed by atoms with Gasteiger partial charge in [0.15, 0.2) is 9.75 Å². The molecule has 1 aromatic rings. The molecule has 3 unspecified atom stereocenters. The first-order valence-electron chi connectivity index (χ1n) is 7.23. The highest BCUT2D eigenvalue weighted by atomic mass is 79.9. The third-order valence-electron chi connectivity index (χ3n) is 4.65. The average Bonchev–Trinajstić information content (AvgIpc) is 2.72. The van der Waals surface area contributed by atoms with Gasteiger partial charge >= 0.3 is 0 Å². The summed E-state index contributed by atoms with van der Waals surface area (Å²) in [5, 5.41) is 9.53. The minimum atomic E-state index is -1.66. The molecule has 1 aliphatic carbocycles. The molecule has 126 valence electrons. The Labute approximate surface area is 157 Å². The molecule has 3 rings (SSSR count). The van der Waals surface area contributed by atoms with Gasteiger partial charge in [0.05, 0.1) is 5.45 Å². The largest absolute Gasteiger partial charge is 0.508 e. The van der Waals surface area contributed by atoms with Crippen LogP contribution >= 0.6 is 39.1 Å². The molecule has 0 saturated carbocycles. The Balaban J connectivity index is 2.24. The Bertz CT molecular complexity index is 764. The fraction of sp³-hybridized carbons (Fsp3) is 0.294. The Morgan fingerprint density at radius 2 is 1.92 bits per heavy atom. The fourth-order valence-corrected chi connectivity index (χ4v) is 4.76. The van der Waals surface area contributed by atoms with Crippen LogP contribution in [0.1, 0.15) is 17.9 Å². The molecule has 24 heavy (non-hydrogen) atoms. The molecule has 0 radical (unpaired) electrons. The number of benzene rings is 1. The van der Waals surface area contributed by atoms with E-state index in [9.17, 15) is 14.7 Å². The van der Waals surface area contributed by atoms with E-state index in [0.717, 1.165) is 10.5 Å². The number of rotatable bonds is 3. The van der Waals surface area contributed by atoms with Gasteiger partial charge in [-0.25, -0.2) is 0 Å². The molecule has 3 atom stereocenters. The van der Waals surface area contributed by atoms with Crippen LogP contribution in [0.5, 0.6) is 5.75 Å². The second-order valence-electron chi connectivity index (χ2n) is 5.81. The predicted octanol–water partition coefficient (Wildman–Crippen LogP) is 3.67. The molecule has 0 aromatic heterocycles. The number of carbonyl (C=O) groups excluding carboxylic acids is 2. The summed E-state index contributed by atoms with van der Waals surface area (Å²) in [7, 11) is 0. The van der Waals surface area contributed by atoms with E-state index in [1.54, 1.807) is 24.3 Å². The van der Waals surface area contributed by atoms with Crippen LogP contribution < -0.4 is 0 Å². The molecule has 7 heteroatoms. The number of alkyl halides is 3. The zero-order chi connectivity index (χ0) is 17.7. The maximum absolute atomic E-state index is 13.0. The highest BCUT2D eigenvalue weighted by Crippen LogP contribution is 2.59. The van der Waals surface area contributed by atoms with Crippen molar-refractivity contribution in [2.45, 2.75) is 22.1 Å². The third kappa shape index (κ3) is 2.11. The number of carbonyl (C=O) groups is 2. The third-order valence-corrected chi connectivity index (χ3v) is 6.56. The van der Waals surface area contributed by atoms with Gasteiger partial charge in [-0.2, -0.15) is 0 Å². The van der Waals surface area contributed by atoms with Crippen LogP contribution in [0.25, 0.3) is 0 Å². The molecule has 1 saturated heterocycles. The summed E-state index contributed by atoms with van der Waals surface area (Å²) in [5.41, 5.74) is 1.43. The molecule has 1 aromatic carbocycles. The quantitative estimate of drug-likeness (QED) is 0.452. The number of aromatic hydroxyl groups is 1. The molecule has 4 nitrogen and oxygen atoms in total. The molecule has 1 heterocycles. The summed E-state index contributed by atoms with van der Waals surface area (Å²) < 4.78 is 0. The molecule has 1 aliphatic heterocycles. The van der Waals surface area contributed by atoms with Gasteiger partial charge in [0, 0.05) is 5.92 Å². The number of phenolic OH excluding ortho intramolecular Hbond substituents is 1. The summed E-state index contributed by atoms with van der Waals surface area (Å²) in [4.78, 5) is 23.5. The number of hydrogen-bond donors (Lipinski definition) is 1. The summed E-state index contributed by atoms with van der Waals surface area (Å²) in [6.07, 6.45) is 3.55. The summed E-state index contributed by atoms with van der Waals surface area (Å²) in [6, 6.07) is 6.34. The molecule has 2 amide bonds. The minimum absolute atomic E-state index is 0.0271. The van der Waals surface area contributed by atoms with Gasteiger partial charge in [-0.3, -0.25) is 14.5 Å². The highest BCUT2D eigenvalue weighted by Gasteiger charge is 2.72. The van der Waals surface area contributed by atoms with Crippen molar-refractivity contribution in [2.75, 3.05) is 5.45 Å². The van der Waals surface area contributed by atoms with E-state index in [1.807, 2.05) is 0 Å². The van der Waals surface area contributed by atoms with Crippen LogP contribution in [0.2, 0.25) is 0 Å². The molecule has 0 bridgehead atoms. The first kappa shape index (κ1) is 17.5. The molecule has 1 N–H and O–H groups in total. The molecular formula is C17H14BrCl2NO3. The number of amides is 2. The number of likely N-dealkylation sites (tertiary alicyclic amines) is 1. The minimum Gasteiger partial charge on any atom is -0.508 e. The molecule has 1 fully saturated rings. The molecule has 2 aliphatic rings. The number of phenols is 1. The fourth-order valence-electron chi connectivity index (χ4n) is 3.42. The second kappa shape index (κ2) is 5.90. The lowest BCUT2D eigenvalue weighted by Crippen LogP contribution is -2.54. The van der Waals surface area contributed by atoms with Crippen molar-refractivity contribution in [3.8, 4) is 5.75 Å². The van der Waals surface area contributed by atoms with Gasteiger partial charge in [-0.1, -0.05) is 46.8 Å². The highest BCUT2D eigenvalue weighted by molar-refractivity contribution is 9.09. The van der Waals surface area contributed by atoms with Crippen molar-refractivity contribution in [3.63, 3.8) is 0 Å². The Morgan fingerprint density at radius 1 is 1.29 bits per heavy atom. The van der Waals surface area contributed by atoms with Crippen LogP contribution in [-0.2, 0) is 9.59 Å². The van der Waals surface area contributed by atoms with Crippen LogP contribution in [0.4, 0.5) is 0 Å². The summed E-state index contributed by atoms with van der Waals surface area (Å²) in [5.74, 6) is -1.60. The Hall–Kier alpha value is -1.30. The topological polar surface area (TPSA) is 57.6 Å². The Morgan fingerprint density at radius 3 is 2.46 bits per heavy atom. The van der Waals surface area contributed by atoms with E-state index in [0.29, 0.717) is 5.56 Å². The van der Waals surface area contributed by atoms with E-state index in [1.165, 1.54) is 12.1 Å². The van der Waals surface area contributed by atoms with Crippen molar-refractivity contribution in [1.29, 1.82) is 0 Å². The monoisotopic (exact) mass is 429 g/mol. The van der Waals surface area contributed by atoms with Crippen molar-refractivity contribution in [1.82, 2.24) is 4.90 Å². The van der Waals surface area contributed by atoms with Crippen LogP contribution in [-0.4, -0.2) is 37.0 Å². The lowest BCUT2D eigenvalue weighted by Gasteiger charge is -2.42. The SMILES string of the molecule is C=CC1=CCC2(Cl)C(=O)N(CBr)C(=O)C2(Cl)C1c1ccc(O)cc1. The maximum Gasteiger partial charge on any atom is 0.254 e. The van der Waals surface area contributed by atoms with Crippen molar-refractivity contribution < 1.29 is 14.7 Å². The predicted molar refractivity (Wildman–Crippen MR) is 96.6 cm³/mol. The summed E-state index contributed by atoms with van der Waals surface area (Å²) >= 11 is 16.6. The van der Waals surface area contributed by atoms with Gasteiger partial charge in [0.25, 0.3) is 11.8 Å². The van der Waals surface area contributed by atoms with E-state index in [-0.39, 0.29) is 17.6 Å². The zero-order valence-electron chi connectivity index (χ0n) is 12.5. The summed E-state index contributed by atoms with van der Waals surface area (Å²) in [6.45, 7) is 3.79. The van der Waals surface area contributed by atoms with Gasteiger partial charge in [-0.15, -0.1) is 23.2 Å². The van der Waals surface area contributed by atoms with Crippen molar-refractivity contribution in [3.05, 3.63) is 54.1 Å². The van der Waals surface area contributed by atoms with Crippen LogP contribution in [0.15, 0.2) is 48.6 Å². The first-order chi connectivity index (χ1) is 11.3. The lowest BCUT2D eigenvalue weighted by atomic mass is 9.68. The van der Waals surface area contributed by atoms with Crippen LogP contribution in [0.3, 0.4) is 0 Å². The molecular weight excluding hydrogens is 417 g/mol. The van der Waals surface area contributed by atoms with E-state index >= 15 is 0 Å². The maximum atomic E-state index is 13.0. The number of hydrogen-bond acceptors (Lipinski definition) is 3. The number of halogens is 3. The van der Waals surface area contributed by atoms with E-state index in [2.05, 4.69) is 22.5 Å². The number of imide groups is 1. The van der Waals surface area contributed by atoms with E-state index in [4.69, 9.17) is 23.2 Å². The first-order valence-corrected chi connectivity index (χ1v) is 9.10.